The predicted octanol–water partition coefficient (Wildman–Crippen LogP) is 3.87. The molecule has 1 aromatic carbocycles. The molecule has 1 aliphatic carbocycles. The molecule has 7 nitrogen and oxygen atoms in total. The van der Waals surface area contributed by atoms with Gasteiger partial charge in [-0.3, -0.25) is 9.59 Å². The van der Waals surface area contributed by atoms with E-state index < -0.39 is 21.8 Å². The molecule has 0 spiro atoms. The number of aryl methyl sites for hydroxylation is 1. The molecule has 11 heteroatoms. The van der Waals surface area contributed by atoms with Crippen molar-refractivity contribution in [2.75, 3.05) is 23.4 Å². The second-order valence-corrected chi connectivity index (χ2v) is 12.1. The molecule has 32 heavy (non-hydrogen) atoms. The Hall–Kier alpha value is -1.81. The summed E-state index contributed by atoms with van der Waals surface area (Å²) >= 11 is 13.3. The molecule has 0 radical (unpaired) electrons. The topological polar surface area (TPSA) is 102 Å². The molecule has 0 bridgehead atoms. The van der Waals surface area contributed by atoms with E-state index in [1.807, 2.05) is 0 Å². The molecule has 1 fully saturated rings. The number of hydrogen-bond acceptors (Lipinski definition) is 6. The third-order valence-electron chi connectivity index (χ3n) is 5.47. The number of carbonyl (C=O) groups is 2. The van der Waals surface area contributed by atoms with Crippen LogP contribution in [0.4, 0.5) is 5.00 Å². The summed E-state index contributed by atoms with van der Waals surface area (Å²) in [6.07, 6.45) is 4.00. The average Bonchev–Trinajstić information content (AvgIpc) is 3.25. The van der Waals surface area contributed by atoms with Crippen LogP contribution in [0.2, 0.25) is 10.0 Å². The highest BCUT2D eigenvalue weighted by molar-refractivity contribution is 7.91. The number of ether oxygens (including phenoxy) is 1. The number of sulfone groups is 1. The number of benzene rings is 1. The number of anilines is 1. The summed E-state index contributed by atoms with van der Waals surface area (Å²) in [6.45, 7) is -0.286. The first kappa shape index (κ1) is 23.4. The Kier molecular flexibility index (Phi) is 7.00. The lowest BCUT2D eigenvalue weighted by atomic mass is 9.95. The highest BCUT2D eigenvalue weighted by Crippen LogP contribution is 2.38. The van der Waals surface area contributed by atoms with Gasteiger partial charge in [0.1, 0.15) is 10.8 Å². The van der Waals surface area contributed by atoms with Gasteiger partial charge in [0.2, 0.25) is 0 Å². The molecule has 1 unspecified atom stereocenters. The Morgan fingerprint density at radius 2 is 1.97 bits per heavy atom. The quantitative estimate of drug-likeness (QED) is 0.606. The summed E-state index contributed by atoms with van der Waals surface area (Å²) in [4.78, 5) is 26.7. The third kappa shape index (κ3) is 5.39. The first-order valence-corrected chi connectivity index (χ1v) is 13.6. The lowest BCUT2D eigenvalue weighted by Crippen LogP contribution is -2.36. The molecular formula is C21H22Cl2N2O5S2. The lowest BCUT2D eigenvalue weighted by Gasteiger charge is -2.15. The van der Waals surface area contributed by atoms with E-state index >= 15 is 0 Å². The van der Waals surface area contributed by atoms with Crippen LogP contribution in [0.15, 0.2) is 18.2 Å². The molecule has 0 saturated carbocycles. The van der Waals surface area contributed by atoms with E-state index in [9.17, 15) is 18.0 Å². The van der Waals surface area contributed by atoms with Gasteiger partial charge in [-0.2, -0.15) is 0 Å². The highest BCUT2D eigenvalue weighted by Gasteiger charge is 2.32. The van der Waals surface area contributed by atoms with Crippen LogP contribution >= 0.6 is 34.5 Å². The van der Waals surface area contributed by atoms with Gasteiger partial charge < -0.3 is 15.4 Å². The SMILES string of the molecule is O=C(COc1ccc(Cl)cc1Cl)Nc1sc2c(c1C(=O)NC1CCS(=O)(=O)C1)CCCC2. The predicted molar refractivity (Wildman–Crippen MR) is 126 cm³/mol. The maximum atomic E-state index is 13.1. The Bertz CT molecular complexity index is 1160. The van der Waals surface area contributed by atoms with Crippen molar-refractivity contribution in [3.05, 3.63) is 44.2 Å². The van der Waals surface area contributed by atoms with Gasteiger partial charge in [0.25, 0.3) is 11.8 Å². The van der Waals surface area contributed by atoms with Crippen LogP contribution in [0.25, 0.3) is 0 Å². The van der Waals surface area contributed by atoms with Crippen molar-refractivity contribution in [1.29, 1.82) is 0 Å². The van der Waals surface area contributed by atoms with Gasteiger partial charge >= 0.3 is 0 Å². The Labute approximate surface area is 200 Å². The Balaban J connectivity index is 1.48. The van der Waals surface area contributed by atoms with Crippen molar-refractivity contribution in [3.8, 4) is 5.75 Å². The summed E-state index contributed by atoms with van der Waals surface area (Å²) in [6, 6.07) is 4.30. The van der Waals surface area contributed by atoms with Gasteiger partial charge in [-0.05, 0) is 55.9 Å². The number of fused-ring (bicyclic) bond motifs is 1. The van der Waals surface area contributed by atoms with E-state index in [1.54, 1.807) is 12.1 Å². The number of halogens is 2. The summed E-state index contributed by atoms with van der Waals surface area (Å²) in [5.74, 6) is -0.413. The fraction of sp³-hybridized carbons (Fsp3) is 0.429. The van der Waals surface area contributed by atoms with E-state index in [1.165, 1.54) is 17.4 Å². The van der Waals surface area contributed by atoms with E-state index in [2.05, 4.69) is 10.6 Å². The second kappa shape index (κ2) is 9.59. The van der Waals surface area contributed by atoms with Crippen LogP contribution in [0.3, 0.4) is 0 Å². The minimum Gasteiger partial charge on any atom is -0.482 e. The maximum Gasteiger partial charge on any atom is 0.262 e. The van der Waals surface area contributed by atoms with Gasteiger partial charge in [0.15, 0.2) is 16.4 Å². The van der Waals surface area contributed by atoms with Crippen molar-refractivity contribution >= 4 is 61.2 Å². The van der Waals surface area contributed by atoms with Crippen molar-refractivity contribution in [1.82, 2.24) is 5.32 Å². The van der Waals surface area contributed by atoms with E-state index in [0.29, 0.717) is 32.8 Å². The van der Waals surface area contributed by atoms with Crippen molar-refractivity contribution in [2.24, 2.45) is 0 Å². The zero-order valence-corrected chi connectivity index (χ0v) is 20.2. The number of nitrogens with one attached hydrogen (secondary N) is 2. The molecule has 1 atom stereocenters. The van der Waals surface area contributed by atoms with Crippen LogP contribution in [-0.4, -0.2) is 44.4 Å². The molecule has 4 rings (SSSR count). The molecule has 1 saturated heterocycles. The molecule has 172 valence electrons. The van der Waals surface area contributed by atoms with Gasteiger partial charge in [-0.1, -0.05) is 23.2 Å². The van der Waals surface area contributed by atoms with Crippen molar-refractivity contribution in [2.45, 2.75) is 38.1 Å². The first-order valence-electron chi connectivity index (χ1n) is 10.3. The molecule has 1 aliphatic heterocycles. The van der Waals surface area contributed by atoms with Crippen LogP contribution in [-0.2, 0) is 27.5 Å². The highest BCUT2D eigenvalue weighted by atomic mass is 35.5. The summed E-state index contributed by atoms with van der Waals surface area (Å²) < 4.78 is 29.0. The molecule has 2 aromatic rings. The van der Waals surface area contributed by atoms with Crippen LogP contribution in [0, 0.1) is 0 Å². The Morgan fingerprint density at radius 3 is 2.69 bits per heavy atom. The molecular weight excluding hydrogens is 495 g/mol. The summed E-state index contributed by atoms with van der Waals surface area (Å²) in [5, 5.41) is 6.86. The average molecular weight is 517 g/mol. The van der Waals surface area contributed by atoms with Gasteiger partial charge in [-0.25, -0.2) is 8.42 Å². The Morgan fingerprint density at radius 1 is 1.19 bits per heavy atom. The molecule has 2 N–H and O–H groups in total. The minimum absolute atomic E-state index is 0.0531. The van der Waals surface area contributed by atoms with Crippen LogP contribution in [0.1, 0.15) is 40.1 Å². The van der Waals surface area contributed by atoms with Crippen LogP contribution < -0.4 is 15.4 Å². The molecule has 2 aliphatic rings. The maximum absolute atomic E-state index is 13.1. The molecule has 2 heterocycles. The number of thiophene rings is 1. The van der Waals surface area contributed by atoms with Gasteiger partial charge in [0, 0.05) is 15.9 Å². The monoisotopic (exact) mass is 516 g/mol. The van der Waals surface area contributed by atoms with Gasteiger partial charge in [0.05, 0.1) is 22.1 Å². The number of rotatable bonds is 6. The fourth-order valence-corrected chi connectivity index (χ4v) is 7.40. The number of amides is 2. The molecule has 1 aromatic heterocycles. The number of hydrogen-bond donors (Lipinski definition) is 2. The minimum atomic E-state index is -3.11. The van der Waals surface area contributed by atoms with E-state index in [0.717, 1.165) is 36.1 Å². The van der Waals surface area contributed by atoms with Crippen molar-refractivity contribution < 1.29 is 22.7 Å². The zero-order valence-electron chi connectivity index (χ0n) is 17.1. The van der Waals surface area contributed by atoms with Crippen molar-refractivity contribution in [3.63, 3.8) is 0 Å². The summed E-state index contributed by atoms with van der Waals surface area (Å²) in [7, 11) is -3.11. The standard InChI is InChI=1S/C21H22Cl2N2O5S2/c22-12-5-6-16(15(23)9-12)30-10-18(26)25-21-19(14-3-1-2-4-17(14)31-21)20(27)24-13-7-8-32(28,29)11-13/h5-6,9,13H,1-4,7-8,10-11H2,(H,24,27)(H,25,26). The largest absolute Gasteiger partial charge is 0.482 e. The zero-order chi connectivity index (χ0) is 22.9. The van der Waals surface area contributed by atoms with E-state index in [-0.39, 0.29) is 24.0 Å². The normalized spacial score (nSPS) is 19.2. The fourth-order valence-electron chi connectivity index (χ4n) is 3.96. The lowest BCUT2D eigenvalue weighted by molar-refractivity contribution is -0.118. The summed E-state index contributed by atoms with van der Waals surface area (Å²) in [5.41, 5.74) is 1.38. The number of carbonyl (C=O) groups excluding carboxylic acids is 2. The van der Waals surface area contributed by atoms with E-state index in [4.69, 9.17) is 27.9 Å². The molecule has 2 amide bonds. The van der Waals surface area contributed by atoms with Crippen LogP contribution in [0.5, 0.6) is 5.75 Å². The first-order chi connectivity index (χ1) is 15.2. The van der Waals surface area contributed by atoms with Gasteiger partial charge in [-0.15, -0.1) is 11.3 Å². The third-order valence-corrected chi connectivity index (χ3v) is 8.98. The second-order valence-electron chi connectivity index (χ2n) is 7.90. The smallest absolute Gasteiger partial charge is 0.262 e.